The molecular weight excluding hydrogens is 571 g/mol. The van der Waals surface area contributed by atoms with Crippen LogP contribution in [0.1, 0.15) is 17.3 Å². The Kier molecular flexibility index (Phi) is 7.88. The van der Waals surface area contributed by atoms with Crippen LogP contribution < -0.4 is 10.00 Å². The Morgan fingerprint density at radius 3 is 2.51 bits per heavy atom. The second-order valence-electron chi connectivity index (χ2n) is 9.64. The van der Waals surface area contributed by atoms with Crippen molar-refractivity contribution in [3.8, 4) is 27.9 Å². The van der Waals surface area contributed by atoms with E-state index in [0.717, 1.165) is 22.4 Å². The molecule has 3 aromatic heterocycles. The van der Waals surface area contributed by atoms with Crippen molar-refractivity contribution in [3.05, 3.63) is 126 Å². The van der Waals surface area contributed by atoms with Crippen LogP contribution in [-0.4, -0.2) is 43.5 Å². The predicted molar refractivity (Wildman–Crippen MR) is 158 cm³/mol. The van der Waals surface area contributed by atoms with Gasteiger partial charge in [0.15, 0.2) is 11.0 Å². The Hall–Kier alpha value is -5.42. The van der Waals surface area contributed by atoms with E-state index in [4.69, 9.17) is 21.7 Å². The third-order valence-corrected chi connectivity index (χ3v) is 7.26. The molecule has 6 aromatic rings. The number of carbonyl (C=O) groups is 1. The quantitative estimate of drug-likeness (QED) is 0.215. The summed E-state index contributed by atoms with van der Waals surface area (Å²) in [6, 6.07) is 24.1. The van der Waals surface area contributed by atoms with Gasteiger partial charge in [0, 0.05) is 35.6 Å². The Morgan fingerprint density at radius 2 is 1.81 bits per heavy atom. The summed E-state index contributed by atoms with van der Waals surface area (Å²) in [5, 5.41) is 17.6. The number of carbonyl (C=O) groups excluding carboxylic acids is 1. The SMILES string of the molecule is COC(=O)Nc1ccc(-c2cnn(C(Cc3ccccc3)c3ccc(-c4c(-[n+]5cnn[nH]5)ccc(Cl)c4F)cn3)c2)cc1. The molecule has 0 fully saturated rings. The van der Waals surface area contributed by atoms with E-state index in [0.29, 0.717) is 23.4 Å². The first-order chi connectivity index (χ1) is 21.0. The molecular formula is C31H25ClFN8O2+. The van der Waals surface area contributed by atoms with E-state index >= 15 is 4.39 Å². The normalized spacial score (nSPS) is 11.7. The van der Waals surface area contributed by atoms with Gasteiger partial charge in [-0.05, 0) is 41.5 Å². The highest BCUT2D eigenvalue weighted by molar-refractivity contribution is 6.31. The van der Waals surface area contributed by atoms with E-state index in [2.05, 4.69) is 37.7 Å². The highest BCUT2D eigenvalue weighted by atomic mass is 35.5. The van der Waals surface area contributed by atoms with Crippen LogP contribution in [0, 0.1) is 5.82 Å². The molecule has 3 aromatic carbocycles. The fraction of sp³-hybridized carbons (Fsp3) is 0.0968. The van der Waals surface area contributed by atoms with Crippen molar-refractivity contribution in [2.24, 2.45) is 0 Å². The summed E-state index contributed by atoms with van der Waals surface area (Å²) in [7, 11) is 1.32. The fourth-order valence-electron chi connectivity index (χ4n) is 4.80. The zero-order valence-electron chi connectivity index (χ0n) is 22.9. The van der Waals surface area contributed by atoms with Crippen molar-refractivity contribution in [1.82, 2.24) is 30.3 Å². The summed E-state index contributed by atoms with van der Waals surface area (Å²) in [4.78, 5) is 16.3. The molecule has 0 aliphatic heterocycles. The second kappa shape index (κ2) is 12.2. The molecule has 2 N–H and O–H groups in total. The Labute approximate surface area is 250 Å². The van der Waals surface area contributed by atoms with E-state index < -0.39 is 11.9 Å². The summed E-state index contributed by atoms with van der Waals surface area (Å²) in [5.74, 6) is -0.568. The Morgan fingerprint density at radius 1 is 1.02 bits per heavy atom. The zero-order valence-corrected chi connectivity index (χ0v) is 23.6. The number of benzene rings is 3. The summed E-state index contributed by atoms with van der Waals surface area (Å²) in [5.41, 5.74) is 5.62. The van der Waals surface area contributed by atoms with Gasteiger partial charge in [-0.1, -0.05) is 65.3 Å². The predicted octanol–water partition coefficient (Wildman–Crippen LogP) is 5.81. The van der Waals surface area contributed by atoms with Crippen LogP contribution in [-0.2, 0) is 11.2 Å². The van der Waals surface area contributed by atoms with Gasteiger partial charge in [-0.3, -0.25) is 15.0 Å². The first kappa shape index (κ1) is 27.7. The molecule has 6 rings (SSSR count). The van der Waals surface area contributed by atoms with Crippen LogP contribution in [0.15, 0.2) is 104 Å². The molecule has 0 saturated heterocycles. The highest BCUT2D eigenvalue weighted by Crippen LogP contribution is 2.33. The van der Waals surface area contributed by atoms with Crippen molar-refractivity contribution in [2.45, 2.75) is 12.5 Å². The molecule has 0 saturated carbocycles. The number of aromatic amines is 1. The van der Waals surface area contributed by atoms with Crippen LogP contribution in [0.5, 0.6) is 0 Å². The molecule has 1 amide bonds. The summed E-state index contributed by atoms with van der Waals surface area (Å²) in [6.45, 7) is 0. The fourth-order valence-corrected chi connectivity index (χ4v) is 4.96. The summed E-state index contributed by atoms with van der Waals surface area (Å²) < 4.78 is 23.4. The number of aromatic nitrogens is 7. The Balaban J connectivity index is 1.34. The maximum absolute atomic E-state index is 15.4. The zero-order chi connectivity index (χ0) is 29.8. The van der Waals surface area contributed by atoms with E-state index in [1.165, 1.54) is 24.2 Å². The van der Waals surface area contributed by atoms with Crippen molar-refractivity contribution in [3.63, 3.8) is 0 Å². The Bertz CT molecular complexity index is 1840. The number of methoxy groups -OCH3 is 1. The molecule has 3 heterocycles. The van der Waals surface area contributed by atoms with Gasteiger partial charge in [0.1, 0.15) is 10.8 Å². The molecule has 0 bridgehead atoms. The van der Waals surface area contributed by atoms with Crippen LogP contribution in [0.25, 0.3) is 27.9 Å². The van der Waals surface area contributed by atoms with Gasteiger partial charge in [-0.25, -0.2) is 9.18 Å². The molecule has 1 atom stereocenters. The van der Waals surface area contributed by atoms with Crippen molar-refractivity contribution >= 4 is 23.4 Å². The number of hydrogen-bond acceptors (Lipinski definition) is 6. The van der Waals surface area contributed by atoms with Gasteiger partial charge in [0.05, 0.1) is 35.6 Å². The molecule has 43 heavy (non-hydrogen) atoms. The first-order valence-electron chi connectivity index (χ1n) is 13.3. The van der Waals surface area contributed by atoms with Crippen molar-refractivity contribution < 1.29 is 18.6 Å². The van der Waals surface area contributed by atoms with Gasteiger partial charge in [-0.15, -0.1) is 4.68 Å². The number of tetrazole rings is 1. The number of hydrogen-bond donors (Lipinski definition) is 2. The van der Waals surface area contributed by atoms with Crippen molar-refractivity contribution in [1.29, 1.82) is 0 Å². The number of pyridine rings is 1. The number of rotatable bonds is 8. The number of ether oxygens (including phenoxy) is 1. The maximum atomic E-state index is 15.4. The van der Waals surface area contributed by atoms with Crippen LogP contribution in [0.2, 0.25) is 5.02 Å². The number of nitrogens with one attached hydrogen (secondary N) is 2. The van der Waals surface area contributed by atoms with E-state index in [1.807, 2.05) is 53.3 Å². The third kappa shape index (κ3) is 5.97. The summed E-state index contributed by atoms with van der Waals surface area (Å²) >= 11 is 6.16. The monoisotopic (exact) mass is 595 g/mol. The summed E-state index contributed by atoms with van der Waals surface area (Å²) in [6.07, 6.45) is 6.92. The van der Waals surface area contributed by atoms with E-state index in [9.17, 15) is 4.79 Å². The first-order valence-corrected chi connectivity index (χ1v) is 13.6. The van der Waals surface area contributed by atoms with Crippen molar-refractivity contribution in [2.75, 3.05) is 12.4 Å². The molecule has 12 heteroatoms. The lowest BCUT2D eigenvalue weighted by Crippen LogP contribution is -2.33. The third-order valence-electron chi connectivity index (χ3n) is 6.97. The van der Waals surface area contributed by atoms with Gasteiger partial charge in [0.25, 0.3) is 6.33 Å². The largest absolute Gasteiger partial charge is 0.453 e. The van der Waals surface area contributed by atoms with Crippen LogP contribution in [0.3, 0.4) is 0 Å². The lowest BCUT2D eigenvalue weighted by molar-refractivity contribution is -0.659. The molecule has 10 nitrogen and oxygen atoms in total. The molecule has 0 aliphatic rings. The van der Waals surface area contributed by atoms with Crippen LogP contribution >= 0.6 is 11.6 Å². The molecule has 0 aliphatic carbocycles. The highest BCUT2D eigenvalue weighted by Gasteiger charge is 2.22. The number of nitrogens with zero attached hydrogens (tertiary/aromatic N) is 6. The van der Waals surface area contributed by atoms with Crippen LogP contribution in [0.4, 0.5) is 14.9 Å². The average molecular weight is 596 g/mol. The maximum Gasteiger partial charge on any atom is 0.411 e. The van der Waals surface area contributed by atoms with E-state index in [-0.39, 0.29) is 16.6 Å². The van der Waals surface area contributed by atoms with Gasteiger partial charge in [0.2, 0.25) is 0 Å². The van der Waals surface area contributed by atoms with Gasteiger partial charge >= 0.3 is 6.09 Å². The number of H-pyrrole nitrogens is 1. The molecule has 214 valence electrons. The number of anilines is 1. The minimum atomic E-state index is -0.568. The second-order valence-corrected chi connectivity index (χ2v) is 10.0. The van der Waals surface area contributed by atoms with E-state index in [1.54, 1.807) is 30.6 Å². The minimum Gasteiger partial charge on any atom is -0.453 e. The smallest absolute Gasteiger partial charge is 0.411 e. The average Bonchev–Trinajstić information content (AvgIpc) is 3.76. The molecule has 0 spiro atoms. The standard InChI is InChI=1S/C31H24ClFN8O2/c1-43-31(42)37-24-10-7-21(8-11-24)23-17-36-40(18-23)28(15-20-5-3-2-4-6-20)26-13-9-22(16-34-26)29-27(41-19-35-38-39-41)14-12-25(32)30(29)33/h2-14,16-19,28H,15H2,1H3,(H,37,42)/p+1. The molecule has 0 radical (unpaired) electrons. The van der Waals surface area contributed by atoms with Gasteiger partial charge in [-0.2, -0.15) is 5.10 Å². The number of halogens is 2. The lowest BCUT2D eigenvalue weighted by atomic mass is 10.0. The molecule has 1 unspecified atom stereocenters. The topological polar surface area (TPSA) is 114 Å². The minimum absolute atomic E-state index is 0.00367. The number of amides is 1. The van der Waals surface area contributed by atoms with Gasteiger partial charge < -0.3 is 4.74 Å². The lowest BCUT2D eigenvalue weighted by Gasteiger charge is -2.18.